The van der Waals surface area contributed by atoms with Crippen molar-refractivity contribution in [1.82, 2.24) is 10.2 Å². The molecule has 0 radical (unpaired) electrons. The molecule has 1 N–H and O–H groups in total. The lowest BCUT2D eigenvalue weighted by molar-refractivity contribution is -0.135. The fourth-order valence-electron chi connectivity index (χ4n) is 3.34. The van der Waals surface area contributed by atoms with Gasteiger partial charge in [0.1, 0.15) is 6.04 Å². The molecule has 1 fully saturated rings. The molecule has 4 rings (SSSR count). The predicted molar refractivity (Wildman–Crippen MR) is 94.4 cm³/mol. The van der Waals surface area contributed by atoms with Crippen LogP contribution in [0.25, 0.3) is 0 Å². The lowest BCUT2D eigenvalue weighted by Crippen LogP contribution is -2.44. The average Bonchev–Trinajstić information content (AvgIpc) is 3.27. The van der Waals surface area contributed by atoms with E-state index in [0.717, 1.165) is 11.1 Å². The zero-order chi connectivity index (χ0) is 17.9. The molecule has 0 aromatic heterocycles. The number of nitrogens with one attached hydrogen (secondary N) is 1. The van der Waals surface area contributed by atoms with Crippen LogP contribution in [-0.4, -0.2) is 29.5 Å². The minimum atomic E-state index is -0.434. The van der Waals surface area contributed by atoms with Gasteiger partial charge in [0.05, 0.1) is 0 Å². The Morgan fingerprint density at radius 3 is 2.73 bits per heavy atom. The highest BCUT2D eigenvalue weighted by atomic mass is 16.7. The summed E-state index contributed by atoms with van der Waals surface area (Å²) in [6.45, 7) is 1.06. The molecule has 2 aliphatic rings. The predicted octanol–water partition coefficient (Wildman–Crippen LogP) is 2.22. The van der Waals surface area contributed by atoms with Gasteiger partial charge in [-0.3, -0.25) is 9.59 Å². The minimum Gasteiger partial charge on any atom is -0.454 e. The summed E-state index contributed by atoms with van der Waals surface area (Å²) < 4.78 is 10.7. The van der Waals surface area contributed by atoms with Crippen LogP contribution < -0.4 is 14.8 Å². The Kier molecular flexibility index (Phi) is 4.48. The molecule has 2 aliphatic heterocycles. The van der Waals surface area contributed by atoms with E-state index < -0.39 is 6.04 Å². The molecule has 0 bridgehead atoms. The number of carbonyl (C=O) groups is 2. The molecule has 2 aromatic carbocycles. The van der Waals surface area contributed by atoms with E-state index in [1.165, 1.54) is 0 Å². The molecule has 0 aliphatic carbocycles. The number of likely N-dealkylation sites (tertiary alicyclic amines) is 1. The second-order valence-electron chi connectivity index (χ2n) is 6.47. The number of rotatable bonds is 5. The largest absolute Gasteiger partial charge is 0.454 e. The van der Waals surface area contributed by atoms with Gasteiger partial charge in [-0.1, -0.05) is 36.4 Å². The molecule has 6 nitrogen and oxygen atoms in total. The minimum absolute atomic E-state index is 0.00234. The summed E-state index contributed by atoms with van der Waals surface area (Å²) in [6.07, 6.45) is 0.942. The molecule has 0 saturated carbocycles. The van der Waals surface area contributed by atoms with E-state index in [0.29, 0.717) is 37.4 Å². The summed E-state index contributed by atoms with van der Waals surface area (Å²) in [5.41, 5.74) is 1.96. The Labute approximate surface area is 151 Å². The first-order valence-electron chi connectivity index (χ1n) is 8.70. The Morgan fingerprint density at radius 2 is 1.88 bits per heavy atom. The number of ether oxygens (including phenoxy) is 2. The van der Waals surface area contributed by atoms with Crippen molar-refractivity contribution in [2.45, 2.75) is 32.0 Å². The van der Waals surface area contributed by atoms with E-state index >= 15 is 0 Å². The van der Waals surface area contributed by atoms with Crippen molar-refractivity contribution >= 4 is 11.8 Å². The van der Waals surface area contributed by atoms with Crippen LogP contribution in [0.2, 0.25) is 0 Å². The van der Waals surface area contributed by atoms with Crippen molar-refractivity contribution in [3.8, 4) is 11.5 Å². The Bertz CT molecular complexity index is 822. The highest BCUT2D eigenvalue weighted by Crippen LogP contribution is 2.33. The number of benzene rings is 2. The number of fused-ring (bicyclic) bond motifs is 1. The quantitative estimate of drug-likeness (QED) is 0.896. The van der Waals surface area contributed by atoms with Gasteiger partial charge in [0.25, 0.3) is 0 Å². The first-order chi connectivity index (χ1) is 12.7. The zero-order valence-electron chi connectivity index (χ0n) is 14.3. The smallest absolute Gasteiger partial charge is 0.243 e. The third-order valence-electron chi connectivity index (χ3n) is 4.73. The Balaban J connectivity index is 1.42. The molecule has 26 heavy (non-hydrogen) atoms. The molecule has 6 heteroatoms. The van der Waals surface area contributed by atoms with E-state index in [2.05, 4.69) is 5.32 Å². The van der Waals surface area contributed by atoms with Crippen LogP contribution in [0.1, 0.15) is 24.0 Å². The molecular formula is C20H20N2O4. The van der Waals surface area contributed by atoms with Crippen LogP contribution in [0, 0.1) is 0 Å². The van der Waals surface area contributed by atoms with Crippen molar-refractivity contribution in [1.29, 1.82) is 0 Å². The summed E-state index contributed by atoms with van der Waals surface area (Å²) >= 11 is 0. The van der Waals surface area contributed by atoms with Crippen LogP contribution in [0.3, 0.4) is 0 Å². The van der Waals surface area contributed by atoms with E-state index in [9.17, 15) is 9.59 Å². The van der Waals surface area contributed by atoms with Gasteiger partial charge < -0.3 is 19.7 Å². The fourth-order valence-corrected chi connectivity index (χ4v) is 3.34. The van der Waals surface area contributed by atoms with E-state index in [-0.39, 0.29) is 18.6 Å². The van der Waals surface area contributed by atoms with Gasteiger partial charge in [0, 0.05) is 19.5 Å². The second kappa shape index (κ2) is 7.07. The molecular weight excluding hydrogens is 332 g/mol. The third kappa shape index (κ3) is 3.35. The van der Waals surface area contributed by atoms with Crippen molar-refractivity contribution in [2.75, 3.05) is 6.79 Å². The van der Waals surface area contributed by atoms with E-state index in [4.69, 9.17) is 9.47 Å². The number of amides is 2. The van der Waals surface area contributed by atoms with Crippen molar-refractivity contribution in [3.63, 3.8) is 0 Å². The number of nitrogens with zero attached hydrogens (tertiary/aromatic N) is 1. The van der Waals surface area contributed by atoms with E-state index in [1.807, 2.05) is 48.5 Å². The second-order valence-corrected chi connectivity index (χ2v) is 6.47. The van der Waals surface area contributed by atoms with Crippen LogP contribution in [0.5, 0.6) is 11.5 Å². The normalized spacial score (nSPS) is 18.2. The number of carbonyl (C=O) groups excluding carboxylic acids is 2. The molecule has 2 aromatic rings. The maximum Gasteiger partial charge on any atom is 0.243 e. The monoisotopic (exact) mass is 352 g/mol. The highest BCUT2D eigenvalue weighted by Gasteiger charge is 2.36. The molecule has 0 unspecified atom stereocenters. The molecule has 1 saturated heterocycles. The maximum absolute atomic E-state index is 12.6. The van der Waals surface area contributed by atoms with Gasteiger partial charge in [-0.25, -0.2) is 0 Å². The lowest BCUT2D eigenvalue weighted by atomic mass is 10.1. The third-order valence-corrected chi connectivity index (χ3v) is 4.73. The first kappa shape index (κ1) is 16.4. The summed E-state index contributed by atoms with van der Waals surface area (Å²) in [4.78, 5) is 26.5. The molecule has 2 heterocycles. The van der Waals surface area contributed by atoms with Crippen molar-refractivity contribution in [2.24, 2.45) is 0 Å². The van der Waals surface area contributed by atoms with Crippen LogP contribution >= 0.6 is 0 Å². The Morgan fingerprint density at radius 1 is 1.08 bits per heavy atom. The summed E-state index contributed by atoms with van der Waals surface area (Å²) in [5, 5.41) is 2.94. The van der Waals surface area contributed by atoms with Crippen LogP contribution in [0.15, 0.2) is 48.5 Å². The molecule has 0 spiro atoms. The Hall–Kier alpha value is -3.02. The van der Waals surface area contributed by atoms with Gasteiger partial charge in [-0.15, -0.1) is 0 Å². The molecule has 1 atom stereocenters. The van der Waals surface area contributed by atoms with Gasteiger partial charge >= 0.3 is 0 Å². The SMILES string of the molecule is O=C(NCc1ccccc1)[C@@H]1CCC(=O)N1Cc1ccc2c(c1)OCO2. The number of hydrogen-bond donors (Lipinski definition) is 1. The van der Waals surface area contributed by atoms with Gasteiger partial charge in [0.15, 0.2) is 11.5 Å². The lowest BCUT2D eigenvalue weighted by Gasteiger charge is -2.24. The zero-order valence-corrected chi connectivity index (χ0v) is 14.3. The van der Waals surface area contributed by atoms with Crippen molar-refractivity contribution in [3.05, 3.63) is 59.7 Å². The summed E-state index contributed by atoms with van der Waals surface area (Å²) in [5.74, 6) is 1.28. The standard InChI is InChI=1S/C20H20N2O4/c23-19-9-7-16(20(24)21-11-14-4-2-1-3-5-14)22(19)12-15-6-8-17-18(10-15)26-13-25-17/h1-6,8,10,16H,7,9,11-13H2,(H,21,24)/t16-/m0/s1. The van der Waals surface area contributed by atoms with Gasteiger partial charge in [-0.2, -0.15) is 0 Å². The van der Waals surface area contributed by atoms with Crippen LogP contribution in [0.4, 0.5) is 0 Å². The molecule has 134 valence electrons. The topological polar surface area (TPSA) is 67.9 Å². The average molecular weight is 352 g/mol. The van der Waals surface area contributed by atoms with Gasteiger partial charge in [0.2, 0.25) is 18.6 Å². The van der Waals surface area contributed by atoms with E-state index in [1.54, 1.807) is 4.90 Å². The molecule has 2 amide bonds. The van der Waals surface area contributed by atoms with Crippen molar-refractivity contribution < 1.29 is 19.1 Å². The van der Waals surface area contributed by atoms with Gasteiger partial charge in [-0.05, 0) is 29.7 Å². The van der Waals surface area contributed by atoms with Crippen LogP contribution in [-0.2, 0) is 22.7 Å². The highest BCUT2D eigenvalue weighted by molar-refractivity contribution is 5.90. The summed E-state index contributed by atoms with van der Waals surface area (Å²) in [7, 11) is 0. The number of hydrogen-bond acceptors (Lipinski definition) is 4. The first-order valence-corrected chi connectivity index (χ1v) is 8.70. The fraction of sp³-hybridized carbons (Fsp3) is 0.300. The summed E-state index contributed by atoms with van der Waals surface area (Å²) in [6, 6.07) is 14.9. The maximum atomic E-state index is 12.6.